The highest BCUT2D eigenvalue weighted by Crippen LogP contribution is 2.21. The highest BCUT2D eigenvalue weighted by Gasteiger charge is 2.28. The number of ether oxygens (including phenoxy) is 1. The van der Waals surface area contributed by atoms with E-state index in [9.17, 15) is 13.2 Å². The molecule has 1 aliphatic rings. The van der Waals surface area contributed by atoms with E-state index >= 15 is 0 Å². The molecule has 3 rings (SSSR count). The Morgan fingerprint density at radius 1 is 1.21 bits per heavy atom. The highest BCUT2D eigenvalue weighted by atomic mass is 32.2. The summed E-state index contributed by atoms with van der Waals surface area (Å²) in [5.74, 6) is 0.976. The third kappa shape index (κ3) is 3.97. The summed E-state index contributed by atoms with van der Waals surface area (Å²) >= 11 is 0. The molecule has 0 aromatic heterocycles. The Morgan fingerprint density at radius 2 is 1.96 bits per heavy atom. The summed E-state index contributed by atoms with van der Waals surface area (Å²) in [6.07, 6.45) is 0.480. The zero-order valence-corrected chi connectivity index (χ0v) is 14.2. The fourth-order valence-electron chi connectivity index (χ4n) is 2.84. The van der Waals surface area contributed by atoms with Crippen molar-refractivity contribution in [2.75, 3.05) is 18.6 Å². The zero-order chi connectivity index (χ0) is 17.2. The minimum absolute atomic E-state index is 0.0260. The van der Waals surface area contributed by atoms with Crippen LogP contribution in [0.1, 0.15) is 12.0 Å². The molecule has 0 spiro atoms. The van der Waals surface area contributed by atoms with Crippen LogP contribution in [0.3, 0.4) is 0 Å². The summed E-state index contributed by atoms with van der Waals surface area (Å²) in [5.41, 5.74) is 0.974. The number of carbonyl (C=O) groups excluding carboxylic acids is 1. The molecule has 1 unspecified atom stereocenters. The minimum atomic E-state index is -2.99. The SMILES string of the molecule is COc1ccc2cc(CNC(=O)NC3CCS(=O)(=O)C3)ccc2c1. The Kier molecular flexibility index (Phi) is 4.62. The summed E-state index contributed by atoms with van der Waals surface area (Å²) in [4.78, 5) is 11.9. The largest absolute Gasteiger partial charge is 0.497 e. The molecule has 7 heteroatoms. The number of carbonyl (C=O) groups is 1. The van der Waals surface area contributed by atoms with E-state index in [1.54, 1.807) is 7.11 Å². The molecule has 0 bridgehead atoms. The molecule has 0 radical (unpaired) electrons. The number of hydrogen-bond acceptors (Lipinski definition) is 4. The third-order valence-electron chi connectivity index (χ3n) is 4.13. The van der Waals surface area contributed by atoms with Crippen molar-refractivity contribution in [1.29, 1.82) is 0 Å². The van der Waals surface area contributed by atoms with Crippen LogP contribution in [0.2, 0.25) is 0 Å². The summed E-state index contributed by atoms with van der Waals surface area (Å²) in [6.45, 7) is 0.382. The molecule has 6 nitrogen and oxygen atoms in total. The molecule has 2 aromatic rings. The second-order valence-corrected chi connectivity index (χ2v) is 8.20. The Bertz CT molecular complexity index is 864. The molecule has 24 heavy (non-hydrogen) atoms. The normalized spacial score (nSPS) is 19.1. The van der Waals surface area contributed by atoms with Crippen LogP contribution in [0.5, 0.6) is 5.75 Å². The van der Waals surface area contributed by atoms with Crippen molar-refractivity contribution in [3.63, 3.8) is 0 Å². The first-order chi connectivity index (χ1) is 11.4. The van der Waals surface area contributed by atoms with Crippen LogP contribution >= 0.6 is 0 Å². The number of methoxy groups -OCH3 is 1. The van der Waals surface area contributed by atoms with Crippen LogP contribution in [0.25, 0.3) is 10.8 Å². The van der Waals surface area contributed by atoms with Crippen LogP contribution in [0, 0.1) is 0 Å². The fourth-order valence-corrected chi connectivity index (χ4v) is 4.51. The molecule has 2 aromatic carbocycles. The van der Waals surface area contributed by atoms with Gasteiger partial charge in [0.25, 0.3) is 0 Å². The van der Waals surface area contributed by atoms with Crippen molar-refractivity contribution in [3.05, 3.63) is 42.0 Å². The quantitative estimate of drug-likeness (QED) is 0.883. The summed E-state index contributed by atoms with van der Waals surface area (Å²) in [6, 6.07) is 11.1. The van der Waals surface area contributed by atoms with Crippen molar-refractivity contribution < 1.29 is 17.9 Å². The van der Waals surface area contributed by atoms with E-state index in [-0.39, 0.29) is 23.6 Å². The topological polar surface area (TPSA) is 84.5 Å². The molecular formula is C17H20N2O4S. The number of hydrogen-bond donors (Lipinski definition) is 2. The van der Waals surface area contributed by atoms with Gasteiger partial charge in [0.1, 0.15) is 5.75 Å². The van der Waals surface area contributed by atoms with Crippen molar-refractivity contribution >= 4 is 26.6 Å². The lowest BCUT2D eigenvalue weighted by atomic mass is 10.1. The van der Waals surface area contributed by atoms with Crippen molar-refractivity contribution in [3.8, 4) is 5.75 Å². The smallest absolute Gasteiger partial charge is 0.315 e. The number of urea groups is 1. The van der Waals surface area contributed by atoms with E-state index in [1.165, 1.54) is 0 Å². The van der Waals surface area contributed by atoms with E-state index in [4.69, 9.17) is 4.74 Å². The monoisotopic (exact) mass is 348 g/mol. The molecule has 1 saturated heterocycles. The third-order valence-corrected chi connectivity index (χ3v) is 5.90. The van der Waals surface area contributed by atoms with Crippen molar-refractivity contribution in [2.24, 2.45) is 0 Å². The molecular weight excluding hydrogens is 328 g/mol. The number of rotatable bonds is 4. The molecule has 2 N–H and O–H groups in total. The van der Waals surface area contributed by atoms with Gasteiger partial charge in [-0.2, -0.15) is 0 Å². The van der Waals surface area contributed by atoms with Crippen molar-refractivity contribution in [2.45, 2.75) is 19.0 Å². The van der Waals surface area contributed by atoms with Crippen LogP contribution < -0.4 is 15.4 Å². The maximum atomic E-state index is 11.9. The minimum Gasteiger partial charge on any atom is -0.497 e. The first kappa shape index (κ1) is 16.6. The Balaban J connectivity index is 1.58. The molecule has 1 aliphatic heterocycles. The molecule has 1 atom stereocenters. The first-order valence-electron chi connectivity index (χ1n) is 7.77. The van der Waals surface area contributed by atoms with Crippen LogP contribution in [0.4, 0.5) is 4.79 Å². The second kappa shape index (κ2) is 6.68. The van der Waals surface area contributed by atoms with Gasteiger partial charge in [0.05, 0.1) is 18.6 Å². The van der Waals surface area contributed by atoms with Crippen LogP contribution in [-0.2, 0) is 16.4 Å². The maximum Gasteiger partial charge on any atom is 0.315 e. The van der Waals surface area contributed by atoms with E-state index < -0.39 is 9.84 Å². The average Bonchev–Trinajstić information content (AvgIpc) is 2.90. The van der Waals surface area contributed by atoms with Gasteiger partial charge in [-0.1, -0.05) is 18.2 Å². The van der Waals surface area contributed by atoms with Gasteiger partial charge in [0, 0.05) is 12.6 Å². The predicted molar refractivity (Wildman–Crippen MR) is 92.9 cm³/mol. The van der Waals surface area contributed by atoms with Gasteiger partial charge >= 0.3 is 6.03 Å². The van der Waals surface area contributed by atoms with E-state index in [2.05, 4.69) is 10.6 Å². The van der Waals surface area contributed by atoms with Gasteiger partial charge in [0.15, 0.2) is 9.84 Å². The highest BCUT2D eigenvalue weighted by molar-refractivity contribution is 7.91. The van der Waals surface area contributed by atoms with Crippen LogP contribution in [0.15, 0.2) is 36.4 Å². The Morgan fingerprint density at radius 3 is 2.67 bits per heavy atom. The first-order valence-corrected chi connectivity index (χ1v) is 9.59. The number of nitrogens with one attached hydrogen (secondary N) is 2. The van der Waals surface area contributed by atoms with E-state index in [0.717, 1.165) is 22.1 Å². The molecule has 1 heterocycles. The molecule has 0 aliphatic carbocycles. The van der Waals surface area contributed by atoms with Gasteiger partial charge in [-0.25, -0.2) is 13.2 Å². The second-order valence-electron chi connectivity index (χ2n) is 5.97. The predicted octanol–water partition coefficient (Wildman–Crippen LogP) is 1.83. The lowest BCUT2D eigenvalue weighted by molar-refractivity contribution is 0.237. The summed E-state index contributed by atoms with van der Waals surface area (Å²) < 4.78 is 28.0. The van der Waals surface area contributed by atoms with E-state index in [1.807, 2.05) is 36.4 Å². The number of benzene rings is 2. The van der Waals surface area contributed by atoms with Gasteiger partial charge in [-0.3, -0.25) is 0 Å². The maximum absolute atomic E-state index is 11.9. The molecule has 128 valence electrons. The fraction of sp³-hybridized carbons (Fsp3) is 0.353. The molecule has 2 amide bonds. The lowest BCUT2D eigenvalue weighted by Gasteiger charge is -2.12. The van der Waals surface area contributed by atoms with Crippen LogP contribution in [-0.4, -0.2) is 39.1 Å². The zero-order valence-electron chi connectivity index (χ0n) is 13.4. The van der Waals surface area contributed by atoms with Crippen molar-refractivity contribution in [1.82, 2.24) is 10.6 Å². The van der Waals surface area contributed by atoms with E-state index in [0.29, 0.717) is 13.0 Å². The average molecular weight is 348 g/mol. The standard InChI is InChI=1S/C17H20N2O4S/c1-23-16-5-4-13-8-12(2-3-14(13)9-16)10-18-17(20)19-15-6-7-24(21,22)11-15/h2-5,8-9,15H,6-7,10-11H2,1H3,(H2,18,19,20). The van der Waals surface area contributed by atoms with Gasteiger partial charge in [0.2, 0.25) is 0 Å². The Hall–Kier alpha value is -2.28. The van der Waals surface area contributed by atoms with Gasteiger partial charge < -0.3 is 15.4 Å². The summed E-state index contributed by atoms with van der Waals surface area (Å²) in [5, 5.41) is 7.62. The summed E-state index contributed by atoms with van der Waals surface area (Å²) in [7, 11) is -1.36. The lowest BCUT2D eigenvalue weighted by Crippen LogP contribution is -2.42. The van der Waals surface area contributed by atoms with Gasteiger partial charge in [-0.05, 0) is 41.0 Å². The Labute approximate surface area is 141 Å². The van der Waals surface area contributed by atoms with Gasteiger partial charge in [-0.15, -0.1) is 0 Å². The molecule has 0 saturated carbocycles. The number of amides is 2. The number of fused-ring (bicyclic) bond motifs is 1. The molecule has 1 fully saturated rings. The number of sulfone groups is 1.